The van der Waals surface area contributed by atoms with Gasteiger partial charge in [-0.3, -0.25) is 9.48 Å². The average molecular weight is 361 g/mol. The second-order valence-corrected chi connectivity index (χ2v) is 5.73. The number of amides is 1. The van der Waals surface area contributed by atoms with E-state index in [9.17, 15) is 9.59 Å². The predicted octanol–water partition coefficient (Wildman–Crippen LogP) is 1.78. The number of ether oxygens (including phenoxy) is 3. The standard InChI is InChI=1S/C18H23N3O5/c1-11(14-9-19-21(3)12(14)2)20-18(23)13-6-7-15(24-4)16(8-13)26-10-17(22)25-5/h6-9,11H,10H2,1-5H3,(H,20,23)/t11-/m0/s1. The first-order valence-corrected chi connectivity index (χ1v) is 8.04. The van der Waals surface area contributed by atoms with Crippen LogP contribution in [0.15, 0.2) is 24.4 Å². The van der Waals surface area contributed by atoms with Gasteiger partial charge in [0.2, 0.25) is 0 Å². The molecule has 1 atom stereocenters. The van der Waals surface area contributed by atoms with Crippen LogP contribution in [-0.4, -0.2) is 42.5 Å². The minimum atomic E-state index is -0.525. The monoisotopic (exact) mass is 361 g/mol. The Labute approximate surface area is 152 Å². The maximum absolute atomic E-state index is 12.6. The first-order chi connectivity index (χ1) is 12.4. The molecule has 0 bridgehead atoms. The Kier molecular flexibility index (Phi) is 6.21. The van der Waals surface area contributed by atoms with E-state index in [1.807, 2.05) is 20.9 Å². The Morgan fingerprint density at radius 2 is 2.00 bits per heavy atom. The molecule has 0 unspecified atom stereocenters. The van der Waals surface area contributed by atoms with Crippen molar-refractivity contribution >= 4 is 11.9 Å². The van der Waals surface area contributed by atoms with Gasteiger partial charge in [-0.15, -0.1) is 0 Å². The third kappa shape index (κ3) is 4.33. The first-order valence-electron chi connectivity index (χ1n) is 8.04. The van der Waals surface area contributed by atoms with Gasteiger partial charge in [0.25, 0.3) is 5.91 Å². The summed E-state index contributed by atoms with van der Waals surface area (Å²) >= 11 is 0. The molecule has 0 saturated heterocycles. The van der Waals surface area contributed by atoms with Crippen LogP contribution < -0.4 is 14.8 Å². The van der Waals surface area contributed by atoms with Crippen molar-refractivity contribution < 1.29 is 23.8 Å². The van der Waals surface area contributed by atoms with Crippen LogP contribution in [0.4, 0.5) is 0 Å². The molecule has 0 saturated carbocycles. The molecule has 1 aromatic carbocycles. The molecule has 1 N–H and O–H groups in total. The lowest BCUT2D eigenvalue weighted by molar-refractivity contribution is -0.142. The van der Waals surface area contributed by atoms with Crippen molar-refractivity contribution in [3.63, 3.8) is 0 Å². The molecular weight excluding hydrogens is 338 g/mol. The molecule has 0 spiro atoms. The predicted molar refractivity (Wildman–Crippen MR) is 94.3 cm³/mol. The summed E-state index contributed by atoms with van der Waals surface area (Å²) in [6.45, 7) is 3.56. The molecule has 8 heteroatoms. The Morgan fingerprint density at radius 1 is 1.27 bits per heavy atom. The molecular formula is C18H23N3O5. The largest absolute Gasteiger partial charge is 0.493 e. The maximum Gasteiger partial charge on any atom is 0.343 e. The Hall–Kier alpha value is -3.03. The fourth-order valence-corrected chi connectivity index (χ4v) is 2.42. The number of carbonyl (C=O) groups is 2. The number of benzene rings is 1. The van der Waals surface area contributed by atoms with Crippen LogP contribution in [0.5, 0.6) is 11.5 Å². The summed E-state index contributed by atoms with van der Waals surface area (Å²) in [7, 11) is 4.60. The lowest BCUT2D eigenvalue weighted by Gasteiger charge is -2.15. The highest BCUT2D eigenvalue weighted by molar-refractivity contribution is 5.95. The van der Waals surface area contributed by atoms with Crippen LogP contribution in [-0.2, 0) is 16.6 Å². The fraction of sp³-hybridized carbons (Fsp3) is 0.389. The molecule has 0 radical (unpaired) electrons. The molecule has 0 aliphatic carbocycles. The summed E-state index contributed by atoms with van der Waals surface area (Å²) in [5, 5.41) is 7.12. The number of rotatable bonds is 7. The van der Waals surface area contributed by atoms with E-state index < -0.39 is 5.97 Å². The number of hydrogen-bond acceptors (Lipinski definition) is 6. The van der Waals surface area contributed by atoms with Gasteiger partial charge in [-0.1, -0.05) is 0 Å². The van der Waals surface area contributed by atoms with Gasteiger partial charge in [-0.2, -0.15) is 5.10 Å². The number of nitrogens with zero attached hydrogens (tertiary/aromatic N) is 2. The molecule has 0 fully saturated rings. The van der Waals surface area contributed by atoms with Gasteiger partial charge in [0, 0.05) is 23.9 Å². The number of methoxy groups -OCH3 is 2. The van der Waals surface area contributed by atoms with Crippen molar-refractivity contribution in [3.05, 3.63) is 41.2 Å². The quantitative estimate of drug-likeness (QED) is 0.756. The van der Waals surface area contributed by atoms with Gasteiger partial charge in [0.05, 0.1) is 26.5 Å². The minimum absolute atomic E-state index is 0.210. The second-order valence-electron chi connectivity index (χ2n) is 5.73. The summed E-state index contributed by atoms with van der Waals surface area (Å²) < 4.78 is 16.9. The second kappa shape index (κ2) is 8.37. The topological polar surface area (TPSA) is 91.7 Å². The third-order valence-corrected chi connectivity index (χ3v) is 4.09. The molecule has 1 heterocycles. The van der Waals surface area contributed by atoms with E-state index in [1.165, 1.54) is 20.3 Å². The SMILES string of the molecule is COC(=O)COc1cc(C(=O)N[C@@H](C)c2cnn(C)c2C)ccc1OC. The zero-order valence-electron chi connectivity index (χ0n) is 15.5. The smallest absolute Gasteiger partial charge is 0.343 e. The van der Waals surface area contributed by atoms with Crippen LogP contribution in [0.25, 0.3) is 0 Å². The van der Waals surface area contributed by atoms with Crippen LogP contribution in [0.1, 0.15) is 34.6 Å². The van der Waals surface area contributed by atoms with Crippen LogP contribution >= 0.6 is 0 Å². The van der Waals surface area contributed by atoms with E-state index in [1.54, 1.807) is 23.0 Å². The molecule has 2 aromatic rings. The van der Waals surface area contributed by atoms with Gasteiger partial charge >= 0.3 is 5.97 Å². The molecule has 0 aliphatic rings. The number of hydrogen-bond donors (Lipinski definition) is 1. The van der Waals surface area contributed by atoms with Crippen molar-refractivity contribution in [1.82, 2.24) is 15.1 Å². The summed E-state index contributed by atoms with van der Waals surface area (Å²) in [6, 6.07) is 4.56. The Morgan fingerprint density at radius 3 is 2.58 bits per heavy atom. The minimum Gasteiger partial charge on any atom is -0.493 e. The number of aromatic nitrogens is 2. The van der Waals surface area contributed by atoms with Gasteiger partial charge in [-0.05, 0) is 32.0 Å². The number of nitrogens with one attached hydrogen (secondary N) is 1. The summed E-state index contributed by atoms with van der Waals surface area (Å²) in [5.74, 6) is -0.0914. The number of aryl methyl sites for hydroxylation is 1. The molecule has 140 valence electrons. The van der Waals surface area contributed by atoms with Crippen LogP contribution in [0.2, 0.25) is 0 Å². The summed E-state index contributed by atoms with van der Waals surface area (Å²) in [4.78, 5) is 23.8. The van der Waals surface area contributed by atoms with Crippen molar-refractivity contribution in [1.29, 1.82) is 0 Å². The third-order valence-electron chi connectivity index (χ3n) is 4.09. The van der Waals surface area contributed by atoms with E-state index in [2.05, 4.69) is 15.2 Å². The molecule has 26 heavy (non-hydrogen) atoms. The molecule has 8 nitrogen and oxygen atoms in total. The van der Waals surface area contributed by atoms with Crippen molar-refractivity contribution in [2.75, 3.05) is 20.8 Å². The highest BCUT2D eigenvalue weighted by Gasteiger charge is 2.17. The lowest BCUT2D eigenvalue weighted by Crippen LogP contribution is -2.27. The number of esters is 1. The maximum atomic E-state index is 12.6. The Balaban J connectivity index is 2.15. The molecule has 0 aliphatic heterocycles. The van der Waals surface area contributed by atoms with Crippen LogP contribution in [0, 0.1) is 6.92 Å². The highest BCUT2D eigenvalue weighted by Crippen LogP contribution is 2.28. The molecule has 1 amide bonds. The number of carbonyl (C=O) groups excluding carboxylic acids is 2. The highest BCUT2D eigenvalue weighted by atomic mass is 16.6. The fourth-order valence-electron chi connectivity index (χ4n) is 2.42. The van der Waals surface area contributed by atoms with Crippen molar-refractivity contribution in [2.45, 2.75) is 19.9 Å². The summed E-state index contributed by atoms with van der Waals surface area (Å²) in [5.41, 5.74) is 2.31. The van der Waals surface area contributed by atoms with Crippen molar-refractivity contribution in [3.8, 4) is 11.5 Å². The van der Waals surface area contributed by atoms with E-state index in [0.29, 0.717) is 11.3 Å². The normalized spacial score (nSPS) is 11.6. The van der Waals surface area contributed by atoms with Crippen LogP contribution in [0.3, 0.4) is 0 Å². The van der Waals surface area contributed by atoms with E-state index in [-0.39, 0.29) is 24.3 Å². The lowest BCUT2D eigenvalue weighted by atomic mass is 10.1. The van der Waals surface area contributed by atoms with Gasteiger partial charge in [0.1, 0.15) is 0 Å². The van der Waals surface area contributed by atoms with Gasteiger partial charge in [0.15, 0.2) is 18.1 Å². The van der Waals surface area contributed by atoms with Gasteiger partial charge in [-0.25, -0.2) is 4.79 Å². The average Bonchev–Trinajstić information content (AvgIpc) is 2.98. The van der Waals surface area contributed by atoms with Gasteiger partial charge < -0.3 is 19.5 Å². The zero-order chi connectivity index (χ0) is 19.3. The zero-order valence-corrected chi connectivity index (χ0v) is 15.5. The van der Waals surface area contributed by atoms with E-state index in [0.717, 1.165) is 11.3 Å². The molecule has 1 aromatic heterocycles. The van der Waals surface area contributed by atoms with E-state index in [4.69, 9.17) is 9.47 Å². The van der Waals surface area contributed by atoms with Crippen molar-refractivity contribution in [2.24, 2.45) is 7.05 Å². The molecule has 2 rings (SSSR count). The summed E-state index contributed by atoms with van der Waals surface area (Å²) in [6.07, 6.45) is 1.74. The Bertz CT molecular complexity index is 800. The van der Waals surface area contributed by atoms with E-state index >= 15 is 0 Å². The first kappa shape index (κ1) is 19.3.